The van der Waals surface area contributed by atoms with Crippen molar-refractivity contribution in [3.8, 4) is 0 Å². The summed E-state index contributed by atoms with van der Waals surface area (Å²) in [5.74, 6) is 0.904. The van der Waals surface area contributed by atoms with Crippen LogP contribution in [0.15, 0.2) is 24.5 Å². The lowest BCUT2D eigenvalue weighted by molar-refractivity contribution is -0.384. The van der Waals surface area contributed by atoms with E-state index in [9.17, 15) is 10.1 Å². The number of nitro groups is 1. The normalized spacial score (nSPS) is 10.6. The molecule has 1 aromatic heterocycles. The van der Waals surface area contributed by atoms with Crippen molar-refractivity contribution in [1.82, 2.24) is 9.55 Å². The molecule has 0 spiro atoms. The predicted molar refractivity (Wildman–Crippen MR) is 78.1 cm³/mol. The number of aryl methyl sites for hydroxylation is 2. The van der Waals surface area contributed by atoms with E-state index in [1.165, 1.54) is 6.07 Å². The molecule has 0 saturated carbocycles. The van der Waals surface area contributed by atoms with Gasteiger partial charge in [0.1, 0.15) is 10.8 Å². The van der Waals surface area contributed by atoms with E-state index in [1.807, 2.05) is 17.7 Å². The first-order valence-electron chi connectivity index (χ1n) is 6.21. The first-order chi connectivity index (χ1) is 9.52. The summed E-state index contributed by atoms with van der Waals surface area (Å²) in [6.45, 7) is 5.23. The summed E-state index contributed by atoms with van der Waals surface area (Å²) in [4.78, 5) is 14.6. The molecule has 106 valence electrons. The number of nitrogens with zero attached hydrogens (tertiary/aromatic N) is 3. The molecule has 2 aromatic rings. The SMILES string of the molecule is CCn1ccnc1CNc1cc(Cl)c([N+](=O)[O-])cc1C. The van der Waals surface area contributed by atoms with Crippen LogP contribution in [-0.4, -0.2) is 14.5 Å². The molecule has 20 heavy (non-hydrogen) atoms. The second-order valence-corrected chi connectivity index (χ2v) is 4.77. The molecule has 1 N–H and O–H groups in total. The number of hydrogen-bond donors (Lipinski definition) is 1. The Morgan fingerprint density at radius 1 is 1.50 bits per heavy atom. The first-order valence-corrected chi connectivity index (χ1v) is 6.59. The topological polar surface area (TPSA) is 73.0 Å². The number of aromatic nitrogens is 2. The highest BCUT2D eigenvalue weighted by atomic mass is 35.5. The van der Waals surface area contributed by atoms with Crippen LogP contribution in [0.2, 0.25) is 5.02 Å². The molecule has 0 radical (unpaired) electrons. The summed E-state index contributed by atoms with van der Waals surface area (Å²) in [5, 5.41) is 14.1. The molecule has 0 aliphatic heterocycles. The predicted octanol–water partition coefficient (Wildman–Crippen LogP) is 3.39. The molecule has 0 aliphatic rings. The highest BCUT2D eigenvalue weighted by Crippen LogP contribution is 2.30. The Balaban J connectivity index is 2.18. The quantitative estimate of drug-likeness (QED) is 0.677. The highest BCUT2D eigenvalue weighted by molar-refractivity contribution is 6.33. The maximum absolute atomic E-state index is 10.8. The molecule has 0 bridgehead atoms. The van der Waals surface area contributed by atoms with Gasteiger partial charge in [-0.3, -0.25) is 10.1 Å². The summed E-state index contributed by atoms with van der Waals surface area (Å²) in [6, 6.07) is 3.05. The first kappa shape index (κ1) is 14.3. The van der Waals surface area contributed by atoms with Crippen molar-refractivity contribution in [2.45, 2.75) is 26.9 Å². The number of hydrogen-bond acceptors (Lipinski definition) is 4. The third-order valence-corrected chi connectivity index (χ3v) is 3.37. The summed E-state index contributed by atoms with van der Waals surface area (Å²) in [7, 11) is 0. The average molecular weight is 295 g/mol. The van der Waals surface area contributed by atoms with Crippen LogP contribution in [0.4, 0.5) is 11.4 Å². The van der Waals surface area contributed by atoms with Gasteiger partial charge in [-0.05, 0) is 25.5 Å². The van der Waals surface area contributed by atoms with Gasteiger partial charge in [0.2, 0.25) is 0 Å². The lowest BCUT2D eigenvalue weighted by Crippen LogP contribution is -2.08. The number of halogens is 1. The van der Waals surface area contributed by atoms with Gasteiger partial charge in [0.05, 0.1) is 11.5 Å². The van der Waals surface area contributed by atoms with Gasteiger partial charge in [-0.1, -0.05) is 11.6 Å². The maximum atomic E-state index is 10.8. The molecule has 2 rings (SSSR count). The van der Waals surface area contributed by atoms with Gasteiger partial charge in [0, 0.05) is 30.7 Å². The molecule has 0 fully saturated rings. The van der Waals surface area contributed by atoms with E-state index in [-0.39, 0.29) is 10.7 Å². The Morgan fingerprint density at radius 2 is 2.25 bits per heavy atom. The van der Waals surface area contributed by atoms with Crippen LogP contribution in [0, 0.1) is 17.0 Å². The fraction of sp³-hybridized carbons (Fsp3) is 0.308. The largest absolute Gasteiger partial charge is 0.378 e. The van der Waals surface area contributed by atoms with E-state index in [0.717, 1.165) is 23.6 Å². The van der Waals surface area contributed by atoms with Crippen molar-refractivity contribution >= 4 is 23.0 Å². The molecule has 1 aromatic carbocycles. The highest BCUT2D eigenvalue weighted by Gasteiger charge is 2.15. The van der Waals surface area contributed by atoms with E-state index < -0.39 is 4.92 Å². The van der Waals surface area contributed by atoms with Gasteiger partial charge in [-0.25, -0.2) is 4.98 Å². The van der Waals surface area contributed by atoms with E-state index in [4.69, 9.17) is 11.6 Å². The minimum Gasteiger partial charge on any atom is -0.378 e. The second-order valence-electron chi connectivity index (χ2n) is 4.36. The van der Waals surface area contributed by atoms with Crippen molar-refractivity contribution in [1.29, 1.82) is 0 Å². The standard InChI is InChI=1S/C13H15ClN4O2/c1-3-17-5-4-15-13(17)8-16-11-7-10(14)12(18(19)20)6-9(11)2/h4-7,16H,3,8H2,1-2H3. The number of rotatable bonds is 5. The molecule has 0 amide bonds. The van der Waals surface area contributed by atoms with Gasteiger partial charge in [0.15, 0.2) is 0 Å². The van der Waals surface area contributed by atoms with Crippen LogP contribution >= 0.6 is 11.6 Å². The van der Waals surface area contributed by atoms with Crippen LogP contribution < -0.4 is 5.32 Å². The summed E-state index contributed by atoms with van der Waals surface area (Å²) in [6.07, 6.45) is 3.66. The molecule has 7 heteroatoms. The molecule has 0 unspecified atom stereocenters. The number of benzene rings is 1. The van der Waals surface area contributed by atoms with Crippen LogP contribution in [0.5, 0.6) is 0 Å². The minimum atomic E-state index is -0.483. The fourth-order valence-electron chi connectivity index (χ4n) is 1.97. The zero-order valence-electron chi connectivity index (χ0n) is 11.3. The lowest BCUT2D eigenvalue weighted by atomic mass is 10.2. The van der Waals surface area contributed by atoms with E-state index in [1.54, 1.807) is 19.2 Å². The van der Waals surface area contributed by atoms with Crippen molar-refractivity contribution in [3.63, 3.8) is 0 Å². The fourth-order valence-corrected chi connectivity index (χ4v) is 2.20. The van der Waals surface area contributed by atoms with E-state index in [2.05, 4.69) is 10.3 Å². The van der Waals surface area contributed by atoms with Crippen LogP contribution in [-0.2, 0) is 13.1 Å². The Kier molecular flexibility index (Phi) is 4.24. The monoisotopic (exact) mass is 294 g/mol. The molecule has 1 heterocycles. The lowest BCUT2D eigenvalue weighted by Gasteiger charge is -2.11. The Labute approximate surface area is 121 Å². The Hall–Kier alpha value is -2.08. The zero-order valence-corrected chi connectivity index (χ0v) is 12.0. The van der Waals surface area contributed by atoms with Crippen LogP contribution in [0.3, 0.4) is 0 Å². The smallest absolute Gasteiger partial charge is 0.288 e. The van der Waals surface area contributed by atoms with Crippen LogP contribution in [0.25, 0.3) is 0 Å². The van der Waals surface area contributed by atoms with E-state index >= 15 is 0 Å². The second kappa shape index (κ2) is 5.92. The van der Waals surface area contributed by atoms with Crippen molar-refractivity contribution in [3.05, 3.63) is 51.1 Å². The van der Waals surface area contributed by atoms with Gasteiger partial charge >= 0.3 is 0 Å². The molecular weight excluding hydrogens is 280 g/mol. The summed E-state index contributed by atoms with van der Waals surface area (Å²) in [5.41, 5.74) is 1.46. The number of anilines is 1. The van der Waals surface area contributed by atoms with Gasteiger partial charge in [-0.15, -0.1) is 0 Å². The van der Waals surface area contributed by atoms with Gasteiger partial charge < -0.3 is 9.88 Å². The number of nitrogens with one attached hydrogen (secondary N) is 1. The van der Waals surface area contributed by atoms with Gasteiger partial charge in [0.25, 0.3) is 5.69 Å². The minimum absolute atomic E-state index is 0.0789. The average Bonchev–Trinajstić information content (AvgIpc) is 2.86. The number of imidazole rings is 1. The van der Waals surface area contributed by atoms with E-state index in [0.29, 0.717) is 6.54 Å². The zero-order chi connectivity index (χ0) is 14.7. The third-order valence-electron chi connectivity index (χ3n) is 3.07. The van der Waals surface area contributed by atoms with Crippen molar-refractivity contribution < 1.29 is 4.92 Å². The summed E-state index contributed by atoms with van der Waals surface area (Å²) < 4.78 is 2.02. The third kappa shape index (κ3) is 2.91. The van der Waals surface area contributed by atoms with Crippen molar-refractivity contribution in [2.24, 2.45) is 0 Å². The van der Waals surface area contributed by atoms with Crippen LogP contribution in [0.1, 0.15) is 18.3 Å². The molecule has 0 aliphatic carbocycles. The molecule has 6 nitrogen and oxygen atoms in total. The summed E-state index contributed by atoms with van der Waals surface area (Å²) >= 11 is 5.91. The van der Waals surface area contributed by atoms with Crippen molar-refractivity contribution in [2.75, 3.05) is 5.32 Å². The molecular formula is C13H15ClN4O2. The van der Waals surface area contributed by atoms with Gasteiger partial charge in [-0.2, -0.15) is 0 Å². The molecule has 0 atom stereocenters. The molecule has 0 saturated heterocycles. The Morgan fingerprint density at radius 3 is 2.90 bits per heavy atom. The maximum Gasteiger partial charge on any atom is 0.288 e. The Bertz CT molecular complexity index is 639. The number of nitro benzene ring substituents is 1.